The number of hydrogen-bond donors (Lipinski definition) is 0. The van der Waals surface area contributed by atoms with Crippen LogP contribution >= 0.6 is 0 Å². The van der Waals surface area contributed by atoms with E-state index in [2.05, 4.69) is 13.2 Å². The topological polar surface area (TPSA) is 71.1 Å². The minimum Gasteiger partial charge on any atom is -0.490 e. The van der Waals surface area contributed by atoms with Crippen LogP contribution in [0.1, 0.15) is 0 Å². The summed E-state index contributed by atoms with van der Waals surface area (Å²) in [4.78, 5) is 0.334. The maximum absolute atomic E-state index is 13.4. The van der Waals surface area contributed by atoms with Crippen LogP contribution in [0.5, 0.6) is 34.5 Å². The quantitative estimate of drug-likeness (QED) is 0.108. The largest absolute Gasteiger partial charge is 0.490 e. The molecule has 6 rings (SSSR count). The van der Waals surface area contributed by atoms with E-state index in [9.17, 15) is 8.42 Å². The lowest BCUT2D eigenvalue weighted by Crippen LogP contribution is -2.01. The van der Waals surface area contributed by atoms with Crippen LogP contribution in [0.3, 0.4) is 0 Å². The Bertz CT molecular complexity index is 1950. The Morgan fingerprint density at radius 2 is 0.633 bits per heavy atom. The number of hydrogen-bond acceptors (Lipinski definition) is 6. The van der Waals surface area contributed by atoms with Crippen LogP contribution in [0.15, 0.2) is 181 Å². The fourth-order valence-corrected chi connectivity index (χ4v) is 6.27. The van der Waals surface area contributed by atoms with Gasteiger partial charge in [-0.25, -0.2) is 8.42 Å². The lowest BCUT2D eigenvalue weighted by molar-refractivity contribution is 0.363. The summed E-state index contributed by atoms with van der Waals surface area (Å²) in [7, 11) is -3.75. The lowest BCUT2D eigenvalue weighted by Gasteiger charge is -2.10. The van der Waals surface area contributed by atoms with Crippen LogP contribution in [0.4, 0.5) is 0 Å². The Hall–Kier alpha value is -6.05. The van der Waals surface area contributed by atoms with Gasteiger partial charge < -0.3 is 18.9 Å². The van der Waals surface area contributed by atoms with E-state index < -0.39 is 9.84 Å². The van der Waals surface area contributed by atoms with Crippen LogP contribution < -0.4 is 18.9 Å². The molecular weight excluding hydrogens is 633 g/mol. The first-order valence-corrected chi connectivity index (χ1v) is 17.1. The summed E-state index contributed by atoms with van der Waals surface area (Å²) in [6.45, 7) is 8.25. The number of rotatable bonds is 14. The number of sulfone groups is 1. The van der Waals surface area contributed by atoms with Crippen molar-refractivity contribution in [3.8, 4) is 56.8 Å². The van der Waals surface area contributed by atoms with Gasteiger partial charge in [-0.3, -0.25) is 0 Å². The van der Waals surface area contributed by atoms with Gasteiger partial charge in [0.25, 0.3) is 0 Å². The van der Waals surface area contributed by atoms with Crippen molar-refractivity contribution in [3.63, 3.8) is 0 Å². The summed E-state index contributed by atoms with van der Waals surface area (Å²) >= 11 is 0. The van der Waals surface area contributed by atoms with Crippen LogP contribution in [0.25, 0.3) is 22.3 Å². The lowest BCUT2D eigenvalue weighted by atomic mass is 10.1. The van der Waals surface area contributed by atoms with E-state index >= 15 is 0 Å². The zero-order valence-electron chi connectivity index (χ0n) is 26.7. The molecule has 6 aromatic rings. The maximum atomic E-state index is 13.4. The van der Waals surface area contributed by atoms with Gasteiger partial charge in [-0.05, 0) is 119 Å². The van der Waals surface area contributed by atoms with E-state index in [0.717, 1.165) is 33.8 Å². The van der Waals surface area contributed by atoms with Gasteiger partial charge in [0.2, 0.25) is 9.84 Å². The molecule has 0 atom stereocenters. The molecule has 0 saturated carbocycles. The molecule has 0 amide bonds. The molecule has 0 bridgehead atoms. The molecule has 0 unspecified atom stereocenters. The molecule has 0 aliphatic rings. The first-order chi connectivity index (χ1) is 23.9. The number of benzene rings is 6. The standard InChI is InChI=1S/C42H34O6S/c1-3-29-45-35-13-5-31(6-14-35)33-9-17-37(18-10-33)47-39-21-25-41(26-22-39)49(43,44)42-27-23-40(24-28-42)48-38-19-11-34(12-20-38)32-7-15-36(16-8-32)46-30-4-2/h3-28H,1-2,29-30H2. The summed E-state index contributed by atoms with van der Waals surface area (Å²) < 4.78 is 49.8. The first-order valence-electron chi connectivity index (χ1n) is 15.6. The van der Waals surface area contributed by atoms with Crippen LogP contribution in [-0.2, 0) is 9.84 Å². The molecule has 7 heteroatoms. The molecule has 0 fully saturated rings. The Balaban J connectivity index is 1.05. The van der Waals surface area contributed by atoms with Crippen molar-refractivity contribution in [2.75, 3.05) is 13.2 Å². The molecule has 244 valence electrons. The average molecular weight is 667 g/mol. The Morgan fingerprint density at radius 3 is 0.898 bits per heavy atom. The minimum absolute atomic E-state index is 0.167. The molecule has 0 heterocycles. The highest BCUT2D eigenvalue weighted by Crippen LogP contribution is 2.31. The summed E-state index contributed by atoms with van der Waals surface area (Å²) in [5.74, 6) is 3.90. The second-order valence-corrected chi connectivity index (χ2v) is 12.9. The molecule has 0 radical (unpaired) electrons. The van der Waals surface area contributed by atoms with Crippen LogP contribution in [0, 0.1) is 0 Å². The highest BCUT2D eigenvalue weighted by molar-refractivity contribution is 7.91. The van der Waals surface area contributed by atoms with Gasteiger partial charge in [0.05, 0.1) is 9.79 Å². The third-order valence-electron chi connectivity index (χ3n) is 7.56. The van der Waals surface area contributed by atoms with E-state index in [1.165, 1.54) is 0 Å². The maximum Gasteiger partial charge on any atom is 0.206 e. The van der Waals surface area contributed by atoms with Gasteiger partial charge in [-0.1, -0.05) is 73.8 Å². The van der Waals surface area contributed by atoms with Gasteiger partial charge in [-0.15, -0.1) is 0 Å². The molecular formula is C42H34O6S. The summed E-state index contributed by atoms with van der Waals surface area (Å²) in [5.41, 5.74) is 4.17. The van der Waals surface area contributed by atoms with Crippen molar-refractivity contribution in [1.29, 1.82) is 0 Å². The predicted molar refractivity (Wildman–Crippen MR) is 194 cm³/mol. The Labute approximate surface area is 287 Å². The van der Waals surface area contributed by atoms with Crippen LogP contribution in [-0.4, -0.2) is 21.6 Å². The molecule has 0 spiro atoms. The third kappa shape index (κ3) is 8.27. The van der Waals surface area contributed by atoms with E-state index in [1.807, 2.05) is 97.1 Å². The van der Waals surface area contributed by atoms with Gasteiger partial charge in [0, 0.05) is 0 Å². The Kier molecular flexibility index (Phi) is 10.2. The average Bonchev–Trinajstić information content (AvgIpc) is 3.15. The molecule has 0 aliphatic carbocycles. The summed E-state index contributed by atoms with van der Waals surface area (Å²) in [6.07, 6.45) is 3.42. The zero-order chi connectivity index (χ0) is 34.1. The SMILES string of the molecule is C=CCOc1ccc(-c2ccc(Oc3ccc(S(=O)(=O)c4ccc(Oc5ccc(-c6ccc(OCC=C)cc6)cc5)cc4)cc3)cc2)cc1. The molecule has 0 aliphatic heterocycles. The second kappa shape index (κ2) is 15.2. The van der Waals surface area contributed by atoms with Gasteiger partial charge in [0.15, 0.2) is 0 Å². The molecule has 0 saturated heterocycles. The van der Waals surface area contributed by atoms with Gasteiger partial charge >= 0.3 is 0 Å². The summed E-state index contributed by atoms with van der Waals surface area (Å²) in [5, 5.41) is 0. The highest BCUT2D eigenvalue weighted by Gasteiger charge is 2.18. The first kappa shape index (κ1) is 32.9. The molecule has 0 N–H and O–H groups in total. The zero-order valence-corrected chi connectivity index (χ0v) is 27.5. The third-order valence-corrected chi connectivity index (χ3v) is 9.34. The molecule has 0 aromatic heterocycles. The van der Waals surface area contributed by atoms with Crippen molar-refractivity contribution in [3.05, 3.63) is 171 Å². The van der Waals surface area contributed by atoms with E-state index in [1.54, 1.807) is 60.7 Å². The normalized spacial score (nSPS) is 10.9. The van der Waals surface area contributed by atoms with E-state index in [4.69, 9.17) is 18.9 Å². The van der Waals surface area contributed by atoms with Crippen molar-refractivity contribution in [1.82, 2.24) is 0 Å². The molecule has 6 aromatic carbocycles. The van der Waals surface area contributed by atoms with E-state index in [0.29, 0.717) is 36.2 Å². The van der Waals surface area contributed by atoms with Crippen molar-refractivity contribution >= 4 is 9.84 Å². The highest BCUT2D eigenvalue weighted by atomic mass is 32.2. The fourth-order valence-electron chi connectivity index (χ4n) is 5.01. The van der Waals surface area contributed by atoms with E-state index in [-0.39, 0.29) is 9.79 Å². The van der Waals surface area contributed by atoms with Gasteiger partial charge in [-0.2, -0.15) is 0 Å². The number of ether oxygens (including phenoxy) is 4. The Morgan fingerprint density at radius 1 is 0.388 bits per heavy atom. The van der Waals surface area contributed by atoms with Crippen molar-refractivity contribution in [2.24, 2.45) is 0 Å². The molecule has 6 nitrogen and oxygen atoms in total. The summed E-state index contributed by atoms with van der Waals surface area (Å²) in [6, 6.07) is 43.8. The van der Waals surface area contributed by atoms with Crippen molar-refractivity contribution in [2.45, 2.75) is 9.79 Å². The minimum atomic E-state index is -3.75. The monoisotopic (exact) mass is 666 g/mol. The second-order valence-electron chi connectivity index (χ2n) is 10.9. The predicted octanol–water partition coefficient (Wildman–Crippen LogP) is 10.6. The smallest absolute Gasteiger partial charge is 0.206 e. The fraction of sp³-hybridized carbons (Fsp3) is 0.0476. The van der Waals surface area contributed by atoms with Crippen molar-refractivity contribution < 1.29 is 27.4 Å². The molecule has 49 heavy (non-hydrogen) atoms. The van der Waals surface area contributed by atoms with Crippen LogP contribution in [0.2, 0.25) is 0 Å². The van der Waals surface area contributed by atoms with Gasteiger partial charge in [0.1, 0.15) is 47.7 Å².